The smallest absolute Gasteiger partial charge is 0.242 e. The van der Waals surface area contributed by atoms with Gasteiger partial charge < -0.3 is 9.80 Å². The number of halogens is 2. The van der Waals surface area contributed by atoms with E-state index in [0.29, 0.717) is 6.54 Å². The van der Waals surface area contributed by atoms with Crippen LogP contribution in [-0.2, 0) is 10.0 Å². The van der Waals surface area contributed by atoms with E-state index in [-0.39, 0.29) is 9.92 Å². The van der Waals surface area contributed by atoms with Gasteiger partial charge in [-0.2, -0.15) is 0 Å². The van der Waals surface area contributed by atoms with Crippen LogP contribution in [0, 0.1) is 0 Å². The molecule has 22 heavy (non-hydrogen) atoms. The number of likely N-dealkylation sites (N-methyl/N-ethyl adjacent to an activating group) is 1. The van der Waals surface area contributed by atoms with Crippen LogP contribution < -0.4 is 14.5 Å². The lowest BCUT2D eigenvalue weighted by molar-refractivity contribution is -1.00. The van der Waals surface area contributed by atoms with E-state index in [1.165, 1.54) is 19.2 Å². The summed E-state index contributed by atoms with van der Waals surface area (Å²) >= 11 is 9.28. The highest BCUT2D eigenvalue weighted by Gasteiger charge is 2.20. The van der Waals surface area contributed by atoms with E-state index in [4.69, 9.17) is 11.6 Å². The fraction of sp³-hybridized carbons (Fsp3) is 0.571. The molecule has 0 saturated carbocycles. The van der Waals surface area contributed by atoms with Crippen molar-refractivity contribution in [1.82, 2.24) is 4.72 Å². The zero-order valence-corrected chi connectivity index (χ0v) is 15.8. The van der Waals surface area contributed by atoms with Crippen LogP contribution in [0.4, 0.5) is 0 Å². The Labute approximate surface area is 145 Å². The average Bonchev–Trinajstić information content (AvgIpc) is 2.45. The lowest BCUT2D eigenvalue weighted by atomic mass is 10.3. The van der Waals surface area contributed by atoms with E-state index in [2.05, 4.69) is 27.7 Å². The van der Waals surface area contributed by atoms with Crippen LogP contribution in [-0.4, -0.2) is 54.7 Å². The highest BCUT2D eigenvalue weighted by molar-refractivity contribution is 9.10. The number of benzene rings is 1. The quantitative estimate of drug-likeness (QED) is 0.535. The van der Waals surface area contributed by atoms with Crippen LogP contribution >= 0.6 is 27.5 Å². The van der Waals surface area contributed by atoms with Gasteiger partial charge in [0, 0.05) is 17.4 Å². The molecule has 1 aromatic carbocycles. The van der Waals surface area contributed by atoms with Gasteiger partial charge in [-0.05, 0) is 18.2 Å². The van der Waals surface area contributed by atoms with Gasteiger partial charge in [-0.25, -0.2) is 13.1 Å². The lowest BCUT2D eigenvalue weighted by Crippen LogP contribution is -3.27. The number of piperazine rings is 1. The minimum Gasteiger partial charge on any atom is -0.328 e. The predicted octanol–water partition coefficient (Wildman–Crippen LogP) is -0.816. The molecule has 0 spiro atoms. The van der Waals surface area contributed by atoms with Crippen LogP contribution in [0.1, 0.15) is 6.42 Å². The molecule has 5 nitrogen and oxygen atoms in total. The van der Waals surface area contributed by atoms with Gasteiger partial charge in [0.25, 0.3) is 0 Å². The molecule has 0 unspecified atom stereocenters. The number of sulfonamides is 1. The van der Waals surface area contributed by atoms with Gasteiger partial charge in [-0.3, -0.25) is 0 Å². The zero-order valence-electron chi connectivity index (χ0n) is 12.7. The molecule has 124 valence electrons. The maximum atomic E-state index is 12.2. The molecule has 1 heterocycles. The number of nitrogens with one attached hydrogen (secondary N) is 3. The molecule has 0 aromatic heterocycles. The molecule has 1 saturated heterocycles. The maximum absolute atomic E-state index is 12.2. The summed E-state index contributed by atoms with van der Waals surface area (Å²) in [4.78, 5) is 3.27. The van der Waals surface area contributed by atoms with Crippen molar-refractivity contribution >= 4 is 37.6 Å². The van der Waals surface area contributed by atoms with Gasteiger partial charge in [-0.15, -0.1) is 0 Å². The first-order chi connectivity index (χ1) is 10.4. The first-order valence-corrected chi connectivity index (χ1v) is 10.1. The van der Waals surface area contributed by atoms with Crippen molar-refractivity contribution < 1.29 is 18.2 Å². The second-order valence-electron chi connectivity index (χ2n) is 5.78. The molecule has 0 atom stereocenters. The van der Waals surface area contributed by atoms with E-state index < -0.39 is 10.0 Å². The summed E-state index contributed by atoms with van der Waals surface area (Å²) in [5.74, 6) is 0. The molecule has 1 fully saturated rings. The Bertz CT molecular complexity index is 604. The normalized spacial score (nSPS) is 22.7. The SMILES string of the molecule is C[NH+]1CC[NH+](CCCNS(=O)(=O)c2ccc(Br)cc2Cl)CC1. The van der Waals surface area contributed by atoms with E-state index >= 15 is 0 Å². The topological polar surface area (TPSA) is 55.1 Å². The molecule has 8 heteroatoms. The largest absolute Gasteiger partial charge is 0.328 e. The zero-order chi connectivity index (χ0) is 16.2. The maximum Gasteiger partial charge on any atom is 0.242 e. The van der Waals surface area contributed by atoms with Crippen molar-refractivity contribution in [2.75, 3.05) is 46.3 Å². The van der Waals surface area contributed by atoms with Gasteiger partial charge in [0.05, 0.1) is 18.6 Å². The molecule has 1 aliphatic heterocycles. The molecule has 0 aliphatic carbocycles. The Balaban J connectivity index is 1.80. The average molecular weight is 413 g/mol. The summed E-state index contributed by atoms with van der Waals surface area (Å²) < 4.78 is 27.9. The number of rotatable bonds is 6. The summed E-state index contributed by atoms with van der Waals surface area (Å²) in [6, 6.07) is 4.78. The molecular formula is C14H23BrClN3O2S+2. The van der Waals surface area contributed by atoms with E-state index in [9.17, 15) is 8.42 Å². The minimum absolute atomic E-state index is 0.132. The second kappa shape index (κ2) is 8.08. The number of quaternary nitrogens is 2. The summed E-state index contributed by atoms with van der Waals surface area (Å²) in [6.07, 6.45) is 0.835. The van der Waals surface area contributed by atoms with Crippen molar-refractivity contribution in [1.29, 1.82) is 0 Å². The summed E-state index contributed by atoms with van der Waals surface area (Å²) in [5.41, 5.74) is 0. The van der Waals surface area contributed by atoms with E-state index in [0.717, 1.165) is 30.5 Å². The molecule has 1 aromatic rings. The standard InChI is InChI=1S/C14H21BrClN3O2S/c1-18-7-9-19(10-8-18)6-2-5-17-22(20,21)14-4-3-12(15)11-13(14)16/h3-4,11,17H,2,5-10H2,1H3/p+2. The lowest BCUT2D eigenvalue weighted by Gasteiger charge is -2.27. The number of hydrogen-bond acceptors (Lipinski definition) is 2. The van der Waals surface area contributed by atoms with Crippen molar-refractivity contribution in [3.8, 4) is 0 Å². The van der Waals surface area contributed by atoms with Crippen LogP contribution in [0.2, 0.25) is 5.02 Å². The van der Waals surface area contributed by atoms with Crippen LogP contribution in [0.15, 0.2) is 27.6 Å². The molecule has 0 radical (unpaired) electrons. The Kier molecular flexibility index (Phi) is 6.67. The van der Waals surface area contributed by atoms with E-state index in [1.54, 1.807) is 21.9 Å². The molecule has 3 N–H and O–H groups in total. The highest BCUT2D eigenvalue weighted by atomic mass is 79.9. The van der Waals surface area contributed by atoms with E-state index in [1.807, 2.05) is 0 Å². The summed E-state index contributed by atoms with van der Waals surface area (Å²) in [5, 5.41) is 0.231. The van der Waals surface area contributed by atoms with Crippen LogP contribution in [0.3, 0.4) is 0 Å². The Morgan fingerprint density at radius 1 is 1.27 bits per heavy atom. The minimum atomic E-state index is -3.54. The van der Waals surface area contributed by atoms with Crippen molar-refractivity contribution in [2.24, 2.45) is 0 Å². The van der Waals surface area contributed by atoms with Crippen LogP contribution in [0.5, 0.6) is 0 Å². The van der Waals surface area contributed by atoms with Gasteiger partial charge in [-0.1, -0.05) is 27.5 Å². The predicted molar refractivity (Wildman–Crippen MR) is 91.1 cm³/mol. The Morgan fingerprint density at radius 2 is 1.95 bits per heavy atom. The fourth-order valence-electron chi connectivity index (χ4n) is 2.60. The van der Waals surface area contributed by atoms with Crippen molar-refractivity contribution in [3.63, 3.8) is 0 Å². The van der Waals surface area contributed by atoms with Gasteiger partial charge >= 0.3 is 0 Å². The number of hydrogen-bond donors (Lipinski definition) is 3. The molecule has 0 amide bonds. The third-order valence-electron chi connectivity index (χ3n) is 3.99. The summed E-state index contributed by atoms with van der Waals surface area (Å²) in [6.45, 7) is 6.16. The van der Waals surface area contributed by atoms with Gasteiger partial charge in [0.1, 0.15) is 31.1 Å². The Morgan fingerprint density at radius 3 is 2.59 bits per heavy atom. The fourth-order valence-corrected chi connectivity index (χ4v) is 4.71. The monoisotopic (exact) mass is 411 g/mol. The Hall–Kier alpha value is -0.180. The first kappa shape index (κ1) is 18.2. The molecule has 1 aliphatic rings. The second-order valence-corrected chi connectivity index (χ2v) is 8.84. The molecule has 0 bridgehead atoms. The third-order valence-corrected chi connectivity index (χ3v) is 6.43. The van der Waals surface area contributed by atoms with Crippen molar-refractivity contribution in [2.45, 2.75) is 11.3 Å². The van der Waals surface area contributed by atoms with Crippen LogP contribution in [0.25, 0.3) is 0 Å². The molecule has 2 rings (SSSR count). The summed E-state index contributed by atoms with van der Waals surface area (Å²) in [7, 11) is -1.32. The first-order valence-electron chi connectivity index (χ1n) is 7.48. The van der Waals surface area contributed by atoms with Gasteiger partial charge in [0.15, 0.2) is 0 Å². The highest BCUT2D eigenvalue weighted by Crippen LogP contribution is 2.24. The molecular weight excluding hydrogens is 390 g/mol. The van der Waals surface area contributed by atoms with Crippen molar-refractivity contribution in [3.05, 3.63) is 27.7 Å². The third kappa shape index (κ3) is 5.18. The van der Waals surface area contributed by atoms with Gasteiger partial charge in [0.2, 0.25) is 10.0 Å².